The van der Waals surface area contributed by atoms with Crippen LogP contribution in [0, 0.1) is 19.8 Å². The van der Waals surface area contributed by atoms with Crippen LogP contribution < -0.4 is 10.6 Å². The molecule has 2 aliphatic heterocycles. The SMILES string of the molecule is Cc1nn(C)c(C)c1C(=O)NC1CN(CC(C)C)CC2(CCOCC2)NC1=O. The van der Waals surface area contributed by atoms with Gasteiger partial charge in [-0.15, -0.1) is 0 Å². The molecule has 28 heavy (non-hydrogen) atoms. The summed E-state index contributed by atoms with van der Waals surface area (Å²) in [5.74, 6) is 0.126. The Bertz CT molecular complexity index is 736. The van der Waals surface area contributed by atoms with E-state index in [1.807, 2.05) is 20.9 Å². The zero-order valence-corrected chi connectivity index (χ0v) is 17.7. The quantitative estimate of drug-likeness (QED) is 0.792. The highest BCUT2D eigenvalue weighted by molar-refractivity contribution is 5.99. The number of amides is 2. The van der Waals surface area contributed by atoms with Crippen molar-refractivity contribution in [1.82, 2.24) is 25.3 Å². The highest BCUT2D eigenvalue weighted by Gasteiger charge is 2.41. The van der Waals surface area contributed by atoms with Crippen molar-refractivity contribution in [2.75, 3.05) is 32.8 Å². The van der Waals surface area contributed by atoms with Crippen LogP contribution in [-0.4, -0.2) is 70.9 Å². The van der Waals surface area contributed by atoms with Crippen LogP contribution in [0.15, 0.2) is 0 Å². The fourth-order valence-corrected chi connectivity index (χ4v) is 4.37. The van der Waals surface area contributed by atoms with Crippen molar-refractivity contribution < 1.29 is 14.3 Å². The van der Waals surface area contributed by atoms with Gasteiger partial charge in [-0.1, -0.05) is 13.8 Å². The number of aromatic nitrogens is 2. The number of aryl methyl sites for hydroxylation is 2. The minimum Gasteiger partial charge on any atom is -0.381 e. The third-order valence-electron chi connectivity index (χ3n) is 5.79. The van der Waals surface area contributed by atoms with Crippen molar-refractivity contribution in [3.8, 4) is 0 Å². The van der Waals surface area contributed by atoms with E-state index in [0.717, 1.165) is 31.6 Å². The van der Waals surface area contributed by atoms with E-state index in [1.54, 1.807) is 4.68 Å². The zero-order valence-electron chi connectivity index (χ0n) is 17.7. The number of rotatable bonds is 4. The lowest BCUT2D eigenvalue weighted by molar-refractivity contribution is -0.125. The van der Waals surface area contributed by atoms with Gasteiger partial charge in [0, 0.05) is 45.6 Å². The number of ether oxygens (including phenoxy) is 1. The summed E-state index contributed by atoms with van der Waals surface area (Å²) in [5, 5.41) is 10.5. The Labute approximate surface area is 167 Å². The summed E-state index contributed by atoms with van der Waals surface area (Å²) in [4.78, 5) is 28.3. The van der Waals surface area contributed by atoms with Crippen LogP contribution in [0.4, 0.5) is 0 Å². The van der Waals surface area contributed by atoms with Crippen molar-refractivity contribution in [2.45, 2.75) is 52.1 Å². The fourth-order valence-electron chi connectivity index (χ4n) is 4.37. The van der Waals surface area contributed by atoms with Crippen molar-refractivity contribution in [3.05, 3.63) is 17.0 Å². The summed E-state index contributed by atoms with van der Waals surface area (Å²) in [6.07, 6.45) is 1.60. The summed E-state index contributed by atoms with van der Waals surface area (Å²) in [7, 11) is 1.82. The number of nitrogens with one attached hydrogen (secondary N) is 2. The minimum atomic E-state index is -0.590. The molecule has 156 valence electrons. The van der Waals surface area contributed by atoms with E-state index in [-0.39, 0.29) is 17.4 Å². The van der Waals surface area contributed by atoms with Gasteiger partial charge in [-0.2, -0.15) is 5.10 Å². The maximum Gasteiger partial charge on any atom is 0.255 e. The predicted octanol–water partition coefficient (Wildman–Crippen LogP) is 0.772. The number of hydrogen-bond donors (Lipinski definition) is 2. The largest absolute Gasteiger partial charge is 0.381 e. The second-order valence-corrected chi connectivity index (χ2v) is 8.67. The molecule has 2 N–H and O–H groups in total. The van der Waals surface area contributed by atoms with E-state index in [1.165, 1.54) is 0 Å². The van der Waals surface area contributed by atoms with Gasteiger partial charge >= 0.3 is 0 Å². The molecule has 0 bridgehead atoms. The molecule has 1 spiro atoms. The summed E-state index contributed by atoms with van der Waals surface area (Å²) < 4.78 is 7.21. The molecule has 0 aromatic carbocycles. The van der Waals surface area contributed by atoms with Crippen LogP contribution in [0.1, 0.15) is 48.4 Å². The van der Waals surface area contributed by atoms with Gasteiger partial charge in [-0.3, -0.25) is 19.2 Å². The molecule has 2 fully saturated rings. The molecule has 0 radical (unpaired) electrons. The number of carbonyl (C=O) groups excluding carboxylic acids is 2. The summed E-state index contributed by atoms with van der Waals surface area (Å²) in [6.45, 7) is 11.5. The van der Waals surface area contributed by atoms with Crippen LogP contribution in [0.3, 0.4) is 0 Å². The molecular formula is C20H33N5O3. The van der Waals surface area contributed by atoms with E-state index in [0.29, 0.717) is 36.9 Å². The van der Waals surface area contributed by atoms with Crippen molar-refractivity contribution in [3.63, 3.8) is 0 Å². The first-order valence-electron chi connectivity index (χ1n) is 10.1. The number of hydrogen-bond acceptors (Lipinski definition) is 5. The second kappa shape index (κ2) is 8.21. The Morgan fingerprint density at radius 3 is 2.61 bits per heavy atom. The Kier molecular flexibility index (Phi) is 6.09. The predicted molar refractivity (Wildman–Crippen MR) is 106 cm³/mol. The minimum absolute atomic E-state index is 0.110. The lowest BCUT2D eigenvalue weighted by atomic mass is 9.89. The average Bonchev–Trinajstić information content (AvgIpc) is 2.79. The fraction of sp³-hybridized carbons (Fsp3) is 0.750. The molecule has 3 heterocycles. The monoisotopic (exact) mass is 391 g/mol. The van der Waals surface area contributed by atoms with Crippen molar-refractivity contribution >= 4 is 11.8 Å². The Balaban J connectivity index is 1.81. The molecule has 1 atom stereocenters. The van der Waals surface area contributed by atoms with Crippen molar-refractivity contribution in [2.24, 2.45) is 13.0 Å². The van der Waals surface area contributed by atoms with E-state index in [9.17, 15) is 9.59 Å². The Hall–Kier alpha value is -1.93. The average molecular weight is 392 g/mol. The summed E-state index contributed by atoms with van der Waals surface area (Å²) >= 11 is 0. The Morgan fingerprint density at radius 2 is 2.04 bits per heavy atom. The highest BCUT2D eigenvalue weighted by atomic mass is 16.5. The van der Waals surface area contributed by atoms with Gasteiger partial charge in [0.15, 0.2) is 0 Å². The molecule has 8 nitrogen and oxygen atoms in total. The first-order chi connectivity index (χ1) is 13.2. The number of carbonyl (C=O) groups is 2. The molecule has 3 rings (SSSR count). The van der Waals surface area contributed by atoms with Crippen LogP contribution in [0.5, 0.6) is 0 Å². The molecule has 0 saturated carbocycles. The normalized spacial score (nSPS) is 22.9. The highest BCUT2D eigenvalue weighted by Crippen LogP contribution is 2.25. The van der Waals surface area contributed by atoms with Crippen LogP contribution in [0.2, 0.25) is 0 Å². The molecule has 1 unspecified atom stereocenters. The third kappa shape index (κ3) is 4.38. The molecule has 8 heteroatoms. The molecule has 2 amide bonds. The maximum absolute atomic E-state index is 13.0. The van der Waals surface area contributed by atoms with E-state index >= 15 is 0 Å². The molecule has 2 aliphatic rings. The van der Waals surface area contributed by atoms with Gasteiger partial charge in [0.05, 0.1) is 16.8 Å². The molecule has 0 aliphatic carbocycles. The van der Waals surface area contributed by atoms with E-state index in [4.69, 9.17) is 4.74 Å². The zero-order chi connectivity index (χ0) is 20.5. The molecule has 1 aromatic heterocycles. The van der Waals surface area contributed by atoms with Crippen molar-refractivity contribution in [1.29, 1.82) is 0 Å². The van der Waals surface area contributed by atoms with Crippen LogP contribution >= 0.6 is 0 Å². The topological polar surface area (TPSA) is 88.5 Å². The third-order valence-corrected chi connectivity index (χ3v) is 5.79. The second-order valence-electron chi connectivity index (χ2n) is 8.67. The summed E-state index contributed by atoms with van der Waals surface area (Å²) in [6, 6.07) is -0.590. The van der Waals surface area contributed by atoms with Gasteiger partial charge in [-0.05, 0) is 32.6 Å². The molecule has 1 aromatic rings. The smallest absolute Gasteiger partial charge is 0.255 e. The number of nitrogens with zero attached hydrogens (tertiary/aromatic N) is 3. The Morgan fingerprint density at radius 1 is 1.36 bits per heavy atom. The first kappa shape index (κ1) is 20.8. The van der Waals surface area contributed by atoms with Gasteiger partial charge in [-0.25, -0.2) is 0 Å². The maximum atomic E-state index is 13.0. The van der Waals surface area contributed by atoms with Crippen LogP contribution in [0.25, 0.3) is 0 Å². The van der Waals surface area contributed by atoms with E-state index < -0.39 is 6.04 Å². The lowest BCUT2D eigenvalue weighted by Gasteiger charge is -2.39. The van der Waals surface area contributed by atoms with Gasteiger partial charge in [0.2, 0.25) is 5.91 Å². The molecular weight excluding hydrogens is 358 g/mol. The van der Waals surface area contributed by atoms with Gasteiger partial charge < -0.3 is 15.4 Å². The van der Waals surface area contributed by atoms with E-state index in [2.05, 4.69) is 34.5 Å². The van der Waals surface area contributed by atoms with Gasteiger partial charge in [0.25, 0.3) is 5.91 Å². The standard InChI is InChI=1S/C20H33N5O3/c1-13(2)10-25-11-16(18(26)22-20(12-25)6-8-28-9-7-20)21-19(27)17-14(3)23-24(5)15(17)4/h13,16H,6-12H2,1-5H3,(H,21,27)(H,22,26). The summed E-state index contributed by atoms with van der Waals surface area (Å²) in [5.41, 5.74) is 1.75. The lowest BCUT2D eigenvalue weighted by Crippen LogP contribution is -2.57. The van der Waals surface area contributed by atoms with Crippen LogP contribution in [-0.2, 0) is 16.6 Å². The first-order valence-corrected chi connectivity index (χ1v) is 10.1. The molecule has 2 saturated heterocycles. The van der Waals surface area contributed by atoms with Gasteiger partial charge in [0.1, 0.15) is 6.04 Å².